The number of benzene rings is 2. The van der Waals surface area contributed by atoms with E-state index in [2.05, 4.69) is 15.9 Å². The van der Waals surface area contributed by atoms with Gasteiger partial charge in [-0.25, -0.2) is 4.39 Å². The molecule has 2 aromatic carbocycles. The lowest BCUT2D eigenvalue weighted by Gasteiger charge is -2.23. The Labute approximate surface area is 143 Å². The molecule has 0 atom stereocenters. The van der Waals surface area contributed by atoms with Gasteiger partial charge in [0.15, 0.2) is 0 Å². The second kappa shape index (κ2) is 6.71. The predicted molar refractivity (Wildman–Crippen MR) is 90.0 cm³/mol. The number of carbonyl (C=O) groups is 1. The fourth-order valence-corrected chi connectivity index (χ4v) is 2.95. The van der Waals surface area contributed by atoms with E-state index in [1.165, 1.54) is 12.1 Å². The van der Waals surface area contributed by atoms with Crippen molar-refractivity contribution in [3.05, 3.63) is 63.9 Å². The fourth-order valence-electron chi connectivity index (χ4n) is 2.53. The average molecular weight is 378 g/mol. The first-order chi connectivity index (χ1) is 11.1. The van der Waals surface area contributed by atoms with Crippen molar-refractivity contribution in [2.75, 3.05) is 7.11 Å². The predicted octanol–water partition coefficient (Wildman–Crippen LogP) is 4.40. The highest BCUT2D eigenvalue weighted by Crippen LogP contribution is 2.32. The van der Waals surface area contributed by atoms with Crippen molar-refractivity contribution in [2.45, 2.75) is 25.4 Å². The van der Waals surface area contributed by atoms with Gasteiger partial charge in [-0.2, -0.15) is 0 Å². The summed E-state index contributed by atoms with van der Waals surface area (Å²) in [5.74, 6) is 0.286. The van der Waals surface area contributed by atoms with Gasteiger partial charge in [0.25, 0.3) is 5.91 Å². The number of amides is 1. The first-order valence-electron chi connectivity index (χ1n) is 7.47. The molecule has 0 radical (unpaired) electrons. The van der Waals surface area contributed by atoms with Gasteiger partial charge in [-0.3, -0.25) is 4.79 Å². The zero-order chi connectivity index (χ0) is 16.4. The fraction of sp³-hybridized carbons (Fsp3) is 0.278. The Kier molecular flexibility index (Phi) is 4.66. The molecule has 2 aromatic rings. The lowest BCUT2D eigenvalue weighted by Crippen LogP contribution is -2.32. The molecule has 3 nitrogen and oxygen atoms in total. The molecule has 1 saturated carbocycles. The third-order valence-electron chi connectivity index (χ3n) is 3.89. The smallest absolute Gasteiger partial charge is 0.255 e. The number of ether oxygens (including phenoxy) is 1. The van der Waals surface area contributed by atoms with E-state index in [9.17, 15) is 9.18 Å². The van der Waals surface area contributed by atoms with Crippen LogP contribution < -0.4 is 4.74 Å². The molecule has 1 aliphatic carbocycles. The summed E-state index contributed by atoms with van der Waals surface area (Å²) in [5.41, 5.74) is 1.36. The standard InChI is InChI=1S/C18H17BrFNO2/c1-23-15-7-8-17(19)16(10-15)18(22)21(14-5-6-14)11-12-3-2-4-13(20)9-12/h2-4,7-10,14H,5-6,11H2,1H3. The molecule has 120 valence electrons. The third-order valence-corrected chi connectivity index (χ3v) is 4.59. The van der Waals surface area contributed by atoms with Crippen LogP contribution >= 0.6 is 15.9 Å². The van der Waals surface area contributed by atoms with Crippen molar-refractivity contribution >= 4 is 21.8 Å². The molecule has 3 rings (SSSR count). The quantitative estimate of drug-likeness (QED) is 0.772. The molecule has 1 amide bonds. The monoisotopic (exact) mass is 377 g/mol. The highest BCUT2D eigenvalue weighted by molar-refractivity contribution is 9.10. The van der Waals surface area contributed by atoms with Crippen LogP contribution in [0.4, 0.5) is 4.39 Å². The number of methoxy groups -OCH3 is 1. The minimum atomic E-state index is -0.284. The van der Waals surface area contributed by atoms with Crippen LogP contribution in [0.1, 0.15) is 28.8 Å². The first-order valence-corrected chi connectivity index (χ1v) is 8.26. The van der Waals surface area contributed by atoms with Gasteiger partial charge in [-0.1, -0.05) is 12.1 Å². The van der Waals surface area contributed by atoms with Crippen molar-refractivity contribution in [3.8, 4) is 5.75 Å². The van der Waals surface area contributed by atoms with Gasteiger partial charge >= 0.3 is 0 Å². The molecule has 1 aliphatic rings. The average Bonchev–Trinajstić information content (AvgIpc) is 3.37. The van der Waals surface area contributed by atoms with E-state index in [4.69, 9.17) is 4.74 Å². The van der Waals surface area contributed by atoms with Crippen LogP contribution in [-0.4, -0.2) is 24.0 Å². The number of nitrogens with zero attached hydrogens (tertiary/aromatic N) is 1. The van der Waals surface area contributed by atoms with Gasteiger partial charge < -0.3 is 9.64 Å². The Bertz CT molecular complexity index is 731. The van der Waals surface area contributed by atoms with E-state index in [1.807, 2.05) is 11.0 Å². The van der Waals surface area contributed by atoms with E-state index in [0.717, 1.165) is 22.9 Å². The van der Waals surface area contributed by atoms with Crippen LogP contribution in [0.3, 0.4) is 0 Å². The third kappa shape index (κ3) is 3.72. The van der Waals surface area contributed by atoms with Gasteiger partial charge in [0.05, 0.1) is 12.7 Å². The van der Waals surface area contributed by atoms with Gasteiger partial charge in [-0.15, -0.1) is 0 Å². The number of hydrogen-bond acceptors (Lipinski definition) is 2. The van der Waals surface area contributed by atoms with E-state index < -0.39 is 0 Å². The van der Waals surface area contributed by atoms with E-state index in [0.29, 0.717) is 17.9 Å². The molecule has 0 saturated heterocycles. The van der Waals surface area contributed by atoms with Gasteiger partial charge in [-0.05, 0) is 64.7 Å². The highest BCUT2D eigenvalue weighted by atomic mass is 79.9. The Hall–Kier alpha value is -1.88. The summed E-state index contributed by atoms with van der Waals surface area (Å²) in [5, 5.41) is 0. The summed E-state index contributed by atoms with van der Waals surface area (Å²) in [6.45, 7) is 0.408. The van der Waals surface area contributed by atoms with E-state index in [-0.39, 0.29) is 17.8 Å². The van der Waals surface area contributed by atoms with Crippen molar-refractivity contribution in [2.24, 2.45) is 0 Å². The molecule has 5 heteroatoms. The maximum atomic E-state index is 13.4. The Balaban J connectivity index is 1.88. The lowest BCUT2D eigenvalue weighted by molar-refractivity contribution is 0.0728. The molecule has 1 fully saturated rings. The largest absolute Gasteiger partial charge is 0.497 e. The van der Waals surface area contributed by atoms with E-state index >= 15 is 0 Å². The van der Waals surface area contributed by atoms with Crippen LogP contribution in [0.5, 0.6) is 5.75 Å². The molecule has 0 unspecified atom stereocenters. The molecule has 0 bridgehead atoms. The van der Waals surface area contributed by atoms with Gasteiger partial charge in [0.1, 0.15) is 11.6 Å². The maximum Gasteiger partial charge on any atom is 0.255 e. The lowest BCUT2D eigenvalue weighted by atomic mass is 10.1. The number of rotatable bonds is 5. The minimum Gasteiger partial charge on any atom is -0.497 e. The summed E-state index contributed by atoms with van der Waals surface area (Å²) in [6.07, 6.45) is 1.98. The molecular weight excluding hydrogens is 361 g/mol. The summed E-state index contributed by atoms with van der Waals surface area (Å²) in [6, 6.07) is 12.0. The van der Waals surface area contributed by atoms with Crippen molar-refractivity contribution in [1.82, 2.24) is 4.90 Å². The minimum absolute atomic E-state index is 0.0671. The maximum absolute atomic E-state index is 13.4. The Morgan fingerprint density at radius 3 is 2.74 bits per heavy atom. The molecule has 0 heterocycles. The van der Waals surface area contributed by atoms with Crippen LogP contribution in [0, 0.1) is 5.82 Å². The molecule has 0 N–H and O–H groups in total. The summed E-state index contributed by atoms with van der Waals surface area (Å²) < 4.78 is 19.3. The molecular formula is C18H17BrFNO2. The summed E-state index contributed by atoms with van der Waals surface area (Å²) in [7, 11) is 1.57. The van der Waals surface area contributed by atoms with Crippen LogP contribution in [0.15, 0.2) is 46.9 Å². The Morgan fingerprint density at radius 2 is 2.09 bits per heavy atom. The van der Waals surface area contributed by atoms with Crippen molar-refractivity contribution in [1.29, 1.82) is 0 Å². The topological polar surface area (TPSA) is 29.5 Å². The zero-order valence-corrected chi connectivity index (χ0v) is 14.3. The van der Waals surface area contributed by atoms with Gasteiger partial charge in [0.2, 0.25) is 0 Å². The normalized spacial score (nSPS) is 13.7. The number of carbonyl (C=O) groups excluding carboxylic acids is 1. The molecule has 23 heavy (non-hydrogen) atoms. The van der Waals surface area contributed by atoms with Crippen molar-refractivity contribution in [3.63, 3.8) is 0 Å². The summed E-state index contributed by atoms with van der Waals surface area (Å²) >= 11 is 3.43. The number of halogens is 2. The first kappa shape index (κ1) is 16.0. The van der Waals surface area contributed by atoms with Crippen LogP contribution in [-0.2, 0) is 6.54 Å². The summed E-state index contributed by atoms with van der Waals surface area (Å²) in [4.78, 5) is 14.8. The second-order valence-corrected chi connectivity index (χ2v) is 6.49. The molecule has 0 aromatic heterocycles. The SMILES string of the molecule is COc1ccc(Br)c(C(=O)N(Cc2cccc(F)c2)C2CC2)c1. The molecule has 0 spiro atoms. The van der Waals surface area contributed by atoms with Crippen LogP contribution in [0.2, 0.25) is 0 Å². The zero-order valence-electron chi connectivity index (χ0n) is 12.8. The van der Waals surface area contributed by atoms with Crippen molar-refractivity contribution < 1.29 is 13.9 Å². The number of hydrogen-bond donors (Lipinski definition) is 0. The Morgan fingerprint density at radius 1 is 1.30 bits per heavy atom. The highest BCUT2D eigenvalue weighted by Gasteiger charge is 2.33. The van der Waals surface area contributed by atoms with Crippen LogP contribution in [0.25, 0.3) is 0 Å². The molecule has 0 aliphatic heterocycles. The second-order valence-electron chi connectivity index (χ2n) is 5.64. The van der Waals surface area contributed by atoms with E-state index in [1.54, 1.807) is 31.4 Å². The van der Waals surface area contributed by atoms with Gasteiger partial charge in [0, 0.05) is 17.1 Å².